The van der Waals surface area contributed by atoms with Crippen LogP contribution in [0.3, 0.4) is 0 Å². The summed E-state index contributed by atoms with van der Waals surface area (Å²) in [6.45, 7) is 0.704. The van der Waals surface area contributed by atoms with E-state index >= 15 is 0 Å². The normalized spacial score (nSPS) is 13.0. The van der Waals surface area contributed by atoms with Gasteiger partial charge in [0.1, 0.15) is 17.9 Å². The number of aromatic nitrogens is 4. The fourth-order valence-corrected chi connectivity index (χ4v) is 1.50. The SMILES string of the molecule is Nc1ncnc2c1ncn2CCOC[C@H](O)CO. The van der Waals surface area contributed by atoms with Gasteiger partial charge in [0.25, 0.3) is 0 Å². The highest BCUT2D eigenvalue weighted by molar-refractivity contribution is 5.80. The van der Waals surface area contributed by atoms with Crippen molar-refractivity contribution in [1.29, 1.82) is 0 Å². The molecule has 1 atom stereocenters. The van der Waals surface area contributed by atoms with Gasteiger partial charge in [-0.1, -0.05) is 0 Å². The Balaban J connectivity index is 1.94. The number of aliphatic hydroxyl groups excluding tert-OH is 2. The molecule has 0 radical (unpaired) electrons. The van der Waals surface area contributed by atoms with Gasteiger partial charge < -0.3 is 25.3 Å². The van der Waals surface area contributed by atoms with Crippen LogP contribution in [0.25, 0.3) is 11.2 Å². The van der Waals surface area contributed by atoms with E-state index in [0.29, 0.717) is 30.1 Å². The van der Waals surface area contributed by atoms with Gasteiger partial charge in [-0.15, -0.1) is 0 Å². The standard InChI is InChI=1S/C10H15N5O3/c11-9-8-10(13-5-12-9)15(6-14-8)1-2-18-4-7(17)3-16/h5-7,16-17H,1-4H2,(H2,11,12,13)/t7-/m1/s1. The molecule has 2 rings (SSSR count). The zero-order valence-electron chi connectivity index (χ0n) is 9.73. The van der Waals surface area contributed by atoms with Crippen LogP contribution in [0.4, 0.5) is 5.82 Å². The Kier molecular flexibility index (Phi) is 4.03. The molecule has 8 heteroatoms. The third-order valence-corrected chi connectivity index (χ3v) is 2.43. The van der Waals surface area contributed by atoms with Crippen molar-refractivity contribution in [3.8, 4) is 0 Å². The van der Waals surface area contributed by atoms with E-state index in [1.165, 1.54) is 6.33 Å². The maximum absolute atomic E-state index is 9.09. The third-order valence-electron chi connectivity index (χ3n) is 2.43. The molecule has 2 heterocycles. The lowest BCUT2D eigenvalue weighted by Gasteiger charge is -2.08. The Bertz CT molecular complexity index is 515. The lowest BCUT2D eigenvalue weighted by molar-refractivity contribution is 0.00431. The first-order chi connectivity index (χ1) is 8.72. The van der Waals surface area contributed by atoms with E-state index in [1.807, 2.05) is 0 Å². The second-order valence-corrected chi connectivity index (χ2v) is 3.78. The predicted octanol–water partition coefficient (Wildman–Crippen LogP) is -1.22. The average Bonchev–Trinajstić information content (AvgIpc) is 2.79. The van der Waals surface area contributed by atoms with Crippen molar-refractivity contribution in [3.63, 3.8) is 0 Å². The van der Waals surface area contributed by atoms with E-state index in [1.54, 1.807) is 10.9 Å². The molecule has 18 heavy (non-hydrogen) atoms. The molecule has 0 saturated carbocycles. The molecule has 4 N–H and O–H groups in total. The highest BCUT2D eigenvalue weighted by Gasteiger charge is 2.07. The van der Waals surface area contributed by atoms with Crippen molar-refractivity contribution in [2.75, 3.05) is 25.6 Å². The number of nitrogens with zero attached hydrogens (tertiary/aromatic N) is 4. The van der Waals surface area contributed by atoms with E-state index in [4.69, 9.17) is 20.7 Å². The van der Waals surface area contributed by atoms with Gasteiger partial charge in [-0.3, -0.25) is 0 Å². The van der Waals surface area contributed by atoms with Crippen LogP contribution in [0.15, 0.2) is 12.7 Å². The van der Waals surface area contributed by atoms with Crippen LogP contribution in [-0.4, -0.2) is 55.7 Å². The first-order valence-electron chi connectivity index (χ1n) is 5.50. The molecular formula is C10H15N5O3. The van der Waals surface area contributed by atoms with Crippen molar-refractivity contribution in [2.45, 2.75) is 12.6 Å². The van der Waals surface area contributed by atoms with Crippen LogP contribution in [0, 0.1) is 0 Å². The number of anilines is 1. The summed E-state index contributed by atoms with van der Waals surface area (Å²) in [5, 5.41) is 17.7. The van der Waals surface area contributed by atoms with E-state index in [-0.39, 0.29) is 13.2 Å². The van der Waals surface area contributed by atoms with Crippen LogP contribution in [-0.2, 0) is 11.3 Å². The highest BCUT2D eigenvalue weighted by Crippen LogP contribution is 2.13. The van der Waals surface area contributed by atoms with Crippen molar-refractivity contribution >= 4 is 17.0 Å². The zero-order valence-corrected chi connectivity index (χ0v) is 9.73. The van der Waals surface area contributed by atoms with E-state index in [2.05, 4.69) is 15.0 Å². The minimum atomic E-state index is -0.845. The van der Waals surface area contributed by atoms with E-state index < -0.39 is 6.10 Å². The van der Waals surface area contributed by atoms with Gasteiger partial charge in [0.05, 0.1) is 26.1 Å². The number of rotatable bonds is 6. The molecule has 0 spiro atoms. The smallest absolute Gasteiger partial charge is 0.165 e. The molecule has 0 aliphatic heterocycles. The van der Waals surface area contributed by atoms with Gasteiger partial charge in [-0.25, -0.2) is 15.0 Å². The lowest BCUT2D eigenvalue weighted by Crippen LogP contribution is -2.20. The maximum atomic E-state index is 9.09. The van der Waals surface area contributed by atoms with Gasteiger partial charge >= 0.3 is 0 Å². The number of nitrogen functional groups attached to an aromatic ring is 1. The predicted molar refractivity (Wildman–Crippen MR) is 63.6 cm³/mol. The first kappa shape index (κ1) is 12.7. The fourth-order valence-electron chi connectivity index (χ4n) is 1.50. The van der Waals surface area contributed by atoms with Crippen LogP contribution >= 0.6 is 0 Å². The Morgan fingerprint density at radius 1 is 1.39 bits per heavy atom. The van der Waals surface area contributed by atoms with Gasteiger partial charge in [0, 0.05) is 6.54 Å². The molecule has 0 amide bonds. The Morgan fingerprint density at radius 2 is 2.22 bits per heavy atom. The molecule has 0 aromatic carbocycles. The summed E-state index contributed by atoms with van der Waals surface area (Å²) < 4.78 is 7.00. The first-order valence-corrected chi connectivity index (χ1v) is 5.50. The van der Waals surface area contributed by atoms with Crippen LogP contribution in [0.1, 0.15) is 0 Å². The molecule has 0 aliphatic rings. The van der Waals surface area contributed by atoms with Crippen LogP contribution in [0.5, 0.6) is 0 Å². The number of hydrogen-bond acceptors (Lipinski definition) is 7. The minimum Gasteiger partial charge on any atom is -0.394 e. The summed E-state index contributed by atoms with van der Waals surface area (Å²) in [5.41, 5.74) is 6.87. The molecule has 0 fully saturated rings. The summed E-state index contributed by atoms with van der Waals surface area (Å²) >= 11 is 0. The maximum Gasteiger partial charge on any atom is 0.165 e. The molecule has 0 bridgehead atoms. The number of nitrogens with two attached hydrogens (primary N) is 1. The van der Waals surface area contributed by atoms with Gasteiger partial charge in [0.2, 0.25) is 0 Å². The summed E-state index contributed by atoms with van der Waals surface area (Å²) in [5.74, 6) is 0.343. The molecule has 2 aromatic heterocycles. The molecule has 8 nitrogen and oxygen atoms in total. The summed E-state index contributed by atoms with van der Waals surface area (Å²) in [6.07, 6.45) is 2.15. The molecule has 0 unspecified atom stereocenters. The average molecular weight is 253 g/mol. The Hall–Kier alpha value is -1.77. The number of fused-ring (bicyclic) bond motifs is 1. The van der Waals surface area contributed by atoms with Crippen molar-refractivity contribution in [3.05, 3.63) is 12.7 Å². The second-order valence-electron chi connectivity index (χ2n) is 3.78. The van der Waals surface area contributed by atoms with Crippen molar-refractivity contribution in [1.82, 2.24) is 19.5 Å². The number of aliphatic hydroxyl groups is 2. The molecular weight excluding hydrogens is 238 g/mol. The molecule has 2 aromatic rings. The Morgan fingerprint density at radius 3 is 3.00 bits per heavy atom. The quantitative estimate of drug-likeness (QED) is 0.552. The number of hydrogen-bond donors (Lipinski definition) is 3. The van der Waals surface area contributed by atoms with Gasteiger partial charge in [0.15, 0.2) is 11.5 Å². The van der Waals surface area contributed by atoms with Gasteiger partial charge in [-0.05, 0) is 0 Å². The van der Waals surface area contributed by atoms with Gasteiger partial charge in [-0.2, -0.15) is 0 Å². The number of ether oxygens (including phenoxy) is 1. The van der Waals surface area contributed by atoms with Crippen LogP contribution in [0.2, 0.25) is 0 Å². The third kappa shape index (κ3) is 2.73. The topological polar surface area (TPSA) is 119 Å². The second kappa shape index (κ2) is 5.71. The van der Waals surface area contributed by atoms with E-state index in [0.717, 1.165) is 0 Å². The van der Waals surface area contributed by atoms with Crippen molar-refractivity contribution < 1.29 is 14.9 Å². The Labute approximate surface area is 103 Å². The summed E-state index contributed by atoms with van der Waals surface area (Å²) in [7, 11) is 0. The largest absolute Gasteiger partial charge is 0.394 e. The molecule has 98 valence electrons. The van der Waals surface area contributed by atoms with Crippen molar-refractivity contribution in [2.24, 2.45) is 0 Å². The monoisotopic (exact) mass is 253 g/mol. The lowest BCUT2D eigenvalue weighted by atomic mass is 10.4. The zero-order chi connectivity index (χ0) is 13.0. The summed E-state index contributed by atoms with van der Waals surface area (Å²) in [6, 6.07) is 0. The summed E-state index contributed by atoms with van der Waals surface area (Å²) in [4.78, 5) is 12.1. The molecule has 0 saturated heterocycles. The number of imidazole rings is 1. The highest BCUT2D eigenvalue weighted by atomic mass is 16.5. The van der Waals surface area contributed by atoms with Crippen LogP contribution < -0.4 is 5.73 Å². The van der Waals surface area contributed by atoms with E-state index in [9.17, 15) is 0 Å². The minimum absolute atomic E-state index is 0.0975. The fraction of sp³-hybridized carbons (Fsp3) is 0.500. The molecule has 0 aliphatic carbocycles.